The Bertz CT molecular complexity index is 1110. The molecule has 6 nitrogen and oxygen atoms in total. The first-order valence-corrected chi connectivity index (χ1v) is 11.7. The molecule has 3 aromatic rings. The molecule has 1 atom stereocenters. The quantitative estimate of drug-likeness (QED) is 0.457. The molecule has 1 aliphatic carbocycles. The molecule has 0 bridgehead atoms. The summed E-state index contributed by atoms with van der Waals surface area (Å²) >= 11 is 5.98. The first kappa shape index (κ1) is 21.2. The first-order valence-electron chi connectivity index (χ1n) is 11.4. The van der Waals surface area contributed by atoms with E-state index in [0.29, 0.717) is 23.6 Å². The molecular weight excluding hydrogens is 427 g/mol. The van der Waals surface area contributed by atoms with E-state index in [0.717, 1.165) is 55.0 Å². The molecule has 32 heavy (non-hydrogen) atoms. The highest BCUT2D eigenvalue weighted by Crippen LogP contribution is 2.38. The molecule has 168 valence electrons. The standard InChI is InChI=1S/C24H28ClFN6/c1-2-20(15-6-7-15)29-23-17-4-3-5-21(32-12-10-27-11-13-32)22(17)30-24(31-23)28-16-8-9-19(26)18(25)14-16/h3-5,8-9,14-15,20,27H,2,6-7,10-13H2,1H3,(H2,28,29,30,31). The van der Waals surface area contributed by atoms with Gasteiger partial charge in [0.2, 0.25) is 5.95 Å². The fourth-order valence-electron chi connectivity index (χ4n) is 4.39. The van der Waals surface area contributed by atoms with Gasteiger partial charge in [0.15, 0.2) is 0 Å². The number of aromatic nitrogens is 2. The van der Waals surface area contributed by atoms with Crippen molar-refractivity contribution in [1.29, 1.82) is 0 Å². The lowest BCUT2D eigenvalue weighted by atomic mass is 10.1. The number of hydrogen-bond donors (Lipinski definition) is 3. The van der Waals surface area contributed by atoms with Gasteiger partial charge in [-0.25, -0.2) is 9.37 Å². The van der Waals surface area contributed by atoms with Crippen LogP contribution in [0.1, 0.15) is 26.2 Å². The van der Waals surface area contributed by atoms with Gasteiger partial charge >= 0.3 is 0 Å². The number of piperazine rings is 1. The molecule has 3 N–H and O–H groups in total. The zero-order valence-corrected chi connectivity index (χ0v) is 18.9. The van der Waals surface area contributed by atoms with E-state index >= 15 is 0 Å². The lowest BCUT2D eigenvalue weighted by molar-refractivity contribution is 0.590. The van der Waals surface area contributed by atoms with E-state index < -0.39 is 5.82 Å². The Balaban J connectivity index is 1.58. The van der Waals surface area contributed by atoms with Crippen molar-refractivity contribution >= 4 is 45.6 Å². The van der Waals surface area contributed by atoms with Crippen LogP contribution in [-0.4, -0.2) is 42.2 Å². The summed E-state index contributed by atoms with van der Waals surface area (Å²) in [6.45, 7) is 5.98. The number of hydrogen-bond acceptors (Lipinski definition) is 6. The maximum Gasteiger partial charge on any atom is 0.229 e. The Morgan fingerprint density at radius 3 is 2.72 bits per heavy atom. The van der Waals surface area contributed by atoms with Crippen molar-refractivity contribution in [2.75, 3.05) is 41.7 Å². The van der Waals surface area contributed by atoms with Crippen LogP contribution in [0.15, 0.2) is 36.4 Å². The predicted octanol–water partition coefficient (Wildman–Crippen LogP) is 5.18. The Morgan fingerprint density at radius 1 is 1.19 bits per heavy atom. The monoisotopic (exact) mass is 454 g/mol. The van der Waals surface area contributed by atoms with E-state index in [1.807, 2.05) is 0 Å². The number of rotatable bonds is 7. The Morgan fingerprint density at radius 2 is 2.00 bits per heavy atom. The van der Waals surface area contributed by atoms with E-state index in [4.69, 9.17) is 21.6 Å². The molecule has 5 rings (SSSR count). The van der Waals surface area contributed by atoms with Crippen LogP contribution in [-0.2, 0) is 0 Å². The zero-order chi connectivity index (χ0) is 22.1. The van der Waals surface area contributed by atoms with Crippen LogP contribution < -0.4 is 20.9 Å². The third-order valence-corrected chi connectivity index (χ3v) is 6.58. The third-order valence-electron chi connectivity index (χ3n) is 6.29. The molecule has 8 heteroatoms. The van der Waals surface area contributed by atoms with Crippen LogP contribution in [0.2, 0.25) is 5.02 Å². The van der Waals surface area contributed by atoms with Crippen molar-refractivity contribution in [3.63, 3.8) is 0 Å². The molecule has 1 aromatic heterocycles. The van der Waals surface area contributed by atoms with Gasteiger partial charge in [0.1, 0.15) is 17.2 Å². The third kappa shape index (κ3) is 4.45. The minimum atomic E-state index is -0.449. The Kier molecular flexibility index (Phi) is 6.02. The molecule has 0 radical (unpaired) electrons. The molecule has 2 aromatic carbocycles. The number of para-hydroxylation sites is 1. The summed E-state index contributed by atoms with van der Waals surface area (Å²) in [5, 5.41) is 11.4. The summed E-state index contributed by atoms with van der Waals surface area (Å²) in [7, 11) is 0. The summed E-state index contributed by atoms with van der Waals surface area (Å²) < 4.78 is 13.6. The average Bonchev–Trinajstić information content (AvgIpc) is 3.65. The maximum atomic E-state index is 13.6. The molecule has 0 spiro atoms. The van der Waals surface area contributed by atoms with Crippen molar-refractivity contribution in [1.82, 2.24) is 15.3 Å². The highest BCUT2D eigenvalue weighted by molar-refractivity contribution is 6.31. The van der Waals surface area contributed by atoms with Crippen LogP contribution >= 0.6 is 11.6 Å². The van der Waals surface area contributed by atoms with Gasteiger partial charge in [-0.15, -0.1) is 0 Å². The predicted molar refractivity (Wildman–Crippen MR) is 130 cm³/mol. The topological polar surface area (TPSA) is 65.1 Å². The summed E-state index contributed by atoms with van der Waals surface area (Å²) in [4.78, 5) is 12.1. The second kappa shape index (κ2) is 9.08. The molecule has 2 aliphatic rings. The summed E-state index contributed by atoms with van der Waals surface area (Å²) in [5.74, 6) is 1.56. The van der Waals surface area contributed by atoms with Crippen molar-refractivity contribution in [3.05, 3.63) is 47.2 Å². The van der Waals surface area contributed by atoms with Crippen molar-refractivity contribution in [2.45, 2.75) is 32.2 Å². The van der Waals surface area contributed by atoms with Crippen LogP contribution in [0, 0.1) is 11.7 Å². The van der Waals surface area contributed by atoms with Gasteiger partial charge in [-0.3, -0.25) is 0 Å². The SMILES string of the molecule is CCC(Nc1nc(Nc2ccc(F)c(Cl)c2)nc2c(N3CCNCC3)cccc12)C1CC1. The number of nitrogens with one attached hydrogen (secondary N) is 3. The van der Waals surface area contributed by atoms with Gasteiger partial charge in [-0.1, -0.05) is 24.6 Å². The molecule has 0 amide bonds. The Labute approximate surface area is 192 Å². The van der Waals surface area contributed by atoms with Gasteiger partial charge in [0.05, 0.1) is 10.7 Å². The summed E-state index contributed by atoms with van der Waals surface area (Å²) in [6, 6.07) is 11.2. The van der Waals surface area contributed by atoms with E-state index in [1.54, 1.807) is 12.1 Å². The fraction of sp³-hybridized carbons (Fsp3) is 0.417. The number of halogens is 2. The number of fused-ring (bicyclic) bond motifs is 1. The highest BCUT2D eigenvalue weighted by atomic mass is 35.5. The largest absolute Gasteiger partial charge is 0.367 e. The van der Waals surface area contributed by atoms with Gasteiger partial charge in [-0.2, -0.15) is 4.98 Å². The number of anilines is 4. The average molecular weight is 455 g/mol. The first-order chi connectivity index (χ1) is 15.6. The van der Waals surface area contributed by atoms with Crippen LogP contribution in [0.5, 0.6) is 0 Å². The second-order valence-corrected chi connectivity index (χ2v) is 8.96. The summed E-state index contributed by atoms with van der Waals surface area (Å²) in [5.41, 5.74) is 2.66. The molecule has 1 saturated heterocycles. The normalized spacial score (nSPS) is 17.4. The molecule has 1 aliphatic heterocycles. The van der Waals surface area contributed by atoms with E-state index in [1.165, 1.54) is 18.9 Å². The van der Waals surface area contributed by atoms with Crippen LogP contribution in [0.3, 0.4) is 0 Å². The fourth-order valence-corrected chi connectivity index (χ4v) is 4.57. The van der Waals surface area contributed by atoms with E-state index in [9.17, 15) is 4.39 Å². The van der Waals surface area contributed by atoms with Gasteiger partial charge < -0.3 is 20.9 Å². The minimum Gasteiger partial charge on any atom is -0.367 e. The maximum absolute atomic E-state index is 13.6. The molecule has 1 saturated carbocycles. The lowest BCUT2D eigenvalue weighted by Gasteiger charge is -2.30. The minimum absolute atomic E-state index is 0.0652. The number of benzene rings is 2. The Hall–Kier alpha value is -2.64. The van der Waals surface area contributed by atoms with Crippen molar-refractivity contribution in [2.24, 2.45) is 5.92 Å². The zero-order valence-electron chi connectivity index (χ0n) is 18.2. The van der Waals surface area contributed by atoms with Crippen molar-refractivity contribution in [3.8, 4) is 0 Å². The van der Waals surface area contributed by atoms with E-state index in [-0.39, 0.29) is 5.02 Å². The molecular formula is C24H28ClFN6. The van der Waals surface area contributed by atoms with Crippen molar-refractivity contribution < 1.29 is 4.39 Å². The molecule has 2 heterocycles. The smallest absolute Gasteiger partial charge is 0.229 e. The molecule has 2 fully saturated rings. The number of nitrogens with zero attached hydrogens (tertiary/aromatic N) is 3. The van der Waals surface area contributed by atoms with Gasteiger partial charge in [0, 0.05) is 43.3 Å². The van der Waals surface area contributed by atoms with Crippen LogP contribution in [0.25, 0.3) is 10.9 Å². The van der Waals surface area contributed by atoms with Gasteiger partial charge in [0.25, 0.3) is 0 Å². The van der Waals surface area contributed by atoms with E-state index in [2.05, 4.69) is 46.0 Å². The second-order valence-electron chi connectivity index (χ2n) is 8.56. The summed E-state index contributed by atoms with van der Waals surface area (Å²) in [6.07, 6.45) is 3.57. The van der Waals surface area contributed by atoms with Gasteiger partial charge in [-0.05, 0) is 55.5 Å². The lowest BCUT2D eigenvalue weighted by Crippen LogP contribution is -2.43. The highest BCUT2D eigenvalue weighted by Gasteiger charge is 2.30. The molecule has 1 unspecified atom stereocenters. The van der Waals surface area contributed by atoms with Crippen LogP contribution in [0.4, 0.5) is 27.5 Å².